The summed E-state index contributed by atoms with van der Waals surface area (Å²) in [6.07, 6.45) is 10.8. The number of hydrogen-bond donors (Lipinski definition) is 1. The highest BCUT2D eigenvalue weighted by Gasteiger charge is 2.20. The first-order chi connectivity index (χ1) is 10.8. The Kier molecular flexibility index (Phi) is 4.62. The third kappa shape index (κ3) is 3.81. The second-order valence-corrected chi connectivity index (χ2v) is 5.50. The molecule has 0 saturated carbocycles. The lowest BCUT2D eigenvalue weighted by Gasteiger charge is -2.32. The van der Waals surface area contributed by atoms with Gasteiger partial charge < -0.3 is 10.2 Å². The fourth-order valence-corrected chi connectivity index (χ4v) is 2.68. The molecule has 0 aromatic carbocycles. The van der Waals surface area contributed by atoms with Crippen LogP contribution in [0.3, 0.4) is 0 Å². The predicted octanol–water partition coefficient (Wildman–Crippen LogP) is 0.706. The summed E-state index contributed by atoms with van der Waals surface area (Å²) in [5.74, 6) is 1.47. The summed E-state index contributed by atoms with van der Waals surface area (Å²) in [5.41, 5.74) is 0. The number of carbonyl (C=O) groups excluding carboxylic acids is 1. The highest BCUT2D eigenvalue weighted by atomic mass is 16.2. The maximum Gasteiger partial charge on any atom is 0.241 e. The fraction of sp³-hybridized carbons (Fsp3) is 0.467. The molecule has 3 rings (SSSR count). The maximum absolute atomic E-state index is 11.8. The van der Waals surface area contributed by atoms with Crippen LogP contribution in [-0.2, 0) is 11.3 Å². The molecule has 1 fully saturated rings. The van der Waals surface area contributed by atoms with Crippen LogP contribution in [0.5, 0.6) is 0 Å². The zero-order valence-corrected chi connectivity index (χ0v) is 12.4. The van der Waals surface area contributed by atoms with Crippen molar-refractivity contribution >= 4 is 11.7 Å². The Labute approximate surface area is 129 Å². The minimum Gasteiger partial charge on any atom is -0.355 e. The van der Waals surface area contributed by atoms with Crippen molar-refractivity contribution in [3.8, 4) is 0 Å². The zero-order chi connectivity index (χ0) is 15.2. The molecule has 0 spiro atoms. The summed E-state index contributed by atoms with van der Waals surface area (Å²) < 4.78 is 1.63. The molecule has 0 atom stereocenters. The van der Waals surface area contributed by atoms with E-state index in [2.05, 4.69) is 25.3 Å². The Morgan fingerprint density at radius 2 is 2.14 bits per heavy atom. The molecule has 1 aliphatic rings. The standard InChI is InChI=1S/C15H20N6O/c22-15(12-21-7-1-4-19-21)18-10-13-2-8-20(9-3-13)14-11-16-5-6-17-14/h1,4-7,11,13H,2-3,8-10,12H2,(H,18,22). The van der Waals surface area contributed by atoms with Crippen LogP contribution in [0.15, 0.2) is 37.1 Å². The van der Waals surface area contributed by atoms with Gasteiger partial charge in [0.15, 0.2) is 0 Å². The number of nitrogens with zero attached hydrogens (tertiary/aromatic N) is 5. The summed E-state index contributed by atoms with van der Waals surface area (Å²) in [6, 6.07) is 1.81. The minimum atomic E-state index is 0.0139. The van der Waals surface area contributed by atoms with Crippen molar-refractivity contribution in [3.05, 3.63) is 37.1 Å². The molecule has 0 unspecified atom stereocenters. The van der Waals surface area contributed by atoms with E-state index in [4.69, 9.17) is 0 Å². The molecular weight excluding hydrogens is 280 g/mol. The average molecular weight is 300 g/mol. The van der Waals surface area contributed by atoms with Crippen LogP contribution >= 0.6 is 0 Å². The molecule has 1 amide bonds. The summed E-state index contributed by atoms with van der Waals surface area (Å²) in [6.45, 7) is 2.93. The van der Waals surface area contributed by atoms with E-state index in [1.165, 1.54) is 0 Å². The van der Waals surface area contributed by atoms with Crippen molar-refractivity contribution in [2.75, 3.05) is 24.5 Å². The van der Waals surface area contributed by atoms with E-state index in [0.29, 0.717) is 5.92 Å². The normalized spacial score (nSPS) is 15.7. The molecule has 7 heteroatoms. The first kappa shape index (κ1) is 14.5. The Bertz CT molecular complexity index is 577. The number of anilines is 1. The predicted molar refractivity (Wildman–Crippen MR) is 82.2 cm³/mol. The molecular formula is C15H20N6O. The third-order valence-corrected chi connectivity index (χ3v) is 3.94. The number of rotatable bonds is 5. The monoisotopic (exact) mass is 300 g/mol. The van der Waals surface area contributed by atoms with Gasteiger partial charge in [-0.05, 0) is 24.8 Å². The van der Waals surface area contributed by atoms with Gasteiger partial charge in [0.1, 0.15) is 12.4 Å². The van der Waals surface area contributed by atoms with Gasteiger partial charge in [-0.1, -0.05) is 0 Å². The van der Waals surface area contributed by atoms with Gasteiger partial charge in [0.25, 0.3) is 0 Å². The molecule has 0 radical (unpaired) electrons. The lowest BCUT2D eigenvalue weighted by molar-refractivity contribution is -0.122. The number of amides is 1. The van der Waals surface area contributed by atoms with E-state index < -0.39 is 0 Å². The van der Waals surface area contributed by atoms with Gasteiger partial charge in [0.05, 0.1) is 6.20 Å². The summed E-state index contributed by atoms with van der Waals surface area (Å²) in [4.78, 5) is 22.5. The molecule has 2 aromatic rings. The van der Waals surface area contributed by atoms with Gasteiger partial charge in [-0.15, -0.1) is 0 Å². The minimum absolute atomic E-state index is 0.0139. The quantitative estimate of drug-likeness (QED) is 0.880. The molecule has 1 aliphatic heterocycles. The van der Waals surface area contributed by atoms with E-state index in [-0.39, 0.29) is 12.5 Å². The Morgan fingerprint density at radius 1 is 1.27 bits per heavy atom. The van der Waals surface area contributed by atoms with Crippen molar-refractivity contribution < 1.29 is 4.79 Å². The second-order valence-electron chi connectivity index (χ2n) is 5.50. The molecule has 1 N–H and O–H groups in total. The lowest BCUT2D eigenvalue weighted by atomic mass is 9.97. The number of aromatic nitrogens is 4. The summed E-state index contributed by atoms with van der Waals surface area (Å²) in [5, 5.41) is 7.03. The van der Waals surface area contributed by atoms with E-state index in [9.17, 15) is 4.79 Å². The van der Waals surface area contributed by atoms with E-state index in [1.807, 2.05) is 6.07 Å². The van der Waals surface area contributed by atoms with E-state index >= 15 is 0 Å². The topological polar surface area (TPSA) is 75.9 Å². The first-order valence-electron chi connectivity index (χ1n) is 7.56. The number of carbonyl (C=O) groups is 1. The largest absolute Gasteiger partial charge is 0.355 e. The molecule has 0 aliphatic carbocycles. The Balaban J connectivity index is 1.40. The van der Waals surface area contributed by atoms with Gasteiger partial charge in [-0.3, -0.25) is 14.5 Å². The molecule has 7 nitrogen and oxygen atoms in total. The lowest BCUT2D eigenvalue weighted by Crippen LogP contribution is -2.39. The van der Waals surface area contributed by atoms with Crippen LogP contribution in [0, 0.1) is 5.92 Å². The van der Waals surface area contributed by atoms with Crippen molar-refractivity contribution in [1.82, 2.24) is 25.1 Å². The van der Waals surface area contributed by atoms with Crippen LogP contribution in [0.2, 0.25) is 0 Å². The molecule has 3 heterocycles. The fourth-order valence-electron chi connectivity index (χ4n) is 2.68. The van der Waals surface area contributed by atoms with Gasteiger partial charge in [-0.25, -0.2) is 4.98 Å². The smallest absolute Gasteiger partial charge is 0.241 e. The highest BCUT2D eigenvalue weighted by Crippen LogP contribution is 2.20. The Hall–Kier alpha value is -2.44. The number of nitrogens with one attached hydrogen (secondary N) is 1. The summed E-state index contributed by atoms with van der Waals surface area (Å²) in [7, 11) is 0. The van der Waals surface area contributed by atoms with Gasteiger partial charge in [-0.2, -0.15) is 5.10 Å². The van der Waals surface area contributed by atoms with Crippen LogP contribution in [0.25, 0.3) is 0 Å². The first-order valence-corrected chi connectivity index (χ1v) is 7.56. The molecule has 2 aromatic heterocycles. The van der Waals surface area contributed by atoms with Gasteiger partial charge in [0.2, 0.25) is 5.91 Å². The van der Waals surface area contributed by atoms with Crippen LogP contribution < -0.4 is 10.2 Å². The average Bonchev–Trinajstić information content (AvgIpc) is 3.07. The van der Waals surface area contributed by atoms with Crippen LogP contribution in [0.1, 0.15) is 12.8 Å². The van der Waals surface area contributed by atoms with Crippen molar-refractivity contribution in [1.29, 1.82) is 0 Å². The third-order valence-electron chi connectivity index (χ3n) is 3.94. The van der Waals surface area contributed by atoms with Crippen LogP contribution in [-0.4, -0.2) is 45.3 Å². The second kappa shape index (κ2) is 7.02. The zero-order valence-electron chi connectivity index (χ0n) is 12.4. The highest BCUT2D eigenvalue weighted by molar-refractivity contribution is 5.75. The molecule has 0 bridgehead atoms. The molecule has 22 heavy (non-hydrogen) atoms. The van der Waals surface area contributed by atoms with Crippen LogP contribution in [0.4, 0.5) is 5.82 Å². The number of hydrogen-bond acceptors (Lipinski definition) is 5. The maximum atomic E-state index is 11.8. The molecule has 116 valence electrons. The summed E-state index contributed by atoms with van der Waals surface area (Å²) >= 11 is 0. The van der Waals surface area contributed by atoms with E-state index in [1.54, 1.807) is 35.7 Å². The Morgan fingerprint density at radius 3 is 2.82 bits per heavy atom. The van der Waals surface area contributed by atoms with Gasteiger partial charge >= 0.3 is 0 Å². The van der Waals surface area contributed by atoms with Gasteiger partial charge in [0, 0.05) is 44.4 Å². The van der Waals surface area contributed by atoms with Crippen molar-refractivity contribution in [3.63, 3.8) is 0 Å². The SMILES string of the molecule is O=C(Cn1cccn1)NCC1CCN(c2cnccn2)CC1. The van der Waals surface area contributed by atoms with E-state index in [0.717, 1.165) is 38.3 Å². The number of piperidine rings is 1. The molecule has 1 saturated heterocycles. The van der Waals surface area contributed by atoms with Crippen molar-refractivity contribution in [2.24, 2.45) is 5.92 Å². The van der Waals surface area contributed by atoms with Crippen molar-refractivity contribution in [2.45, 2.75) is 19.4 Å².